The first-order chi connectivity index (χ1) is 21.7. The molecule has 3 heterocycles. The topological polar surface area (TPSA) is 120 Å². The number of thiophene rings is 1. The first kappa shape index (κ1) is 34.2. The van der Waals surface area contributed by atoms with Crippen molar-refractivity contribution in [3.63, 3.8) is 0 Å². The van der Waals surface area contributed by atoms with Crippen LogP contribution in [0.25, 0.3) is 10.1 Å². The minimum absolute atomic E-state index is 0.0523. The summed E-state index contributed by atoms with van der Waals surface area (Å²) in [6, 6.07) is 10.5. The molecule has 248 valence electrons. The zero-order valence-corrected chi connectivity index (χ0v) is 27.7. The van der Waals surface area contributed by atoms with Crippen LogP contribution in [-0.2, 0) is 33.8 Å². The van der Waals surface area contributed by atoms with Crippen molar-refractivity contribution in [2.75, 3.05) is 19.5 Å². The molecule has 1 amide bonds. The first-order valence-electron chi connectivity index (χ1n) is 16.3. The highest BCUT2D eigenvalue weighted by molar-refractivity contribution is 7.89. The fourth-order valence-electron chi connectivity index (χ4n) is 6.41. The number of hydrogen-bond acceptors (Lipinski definition) is 9. The predicted octanol–water partition coefficient (Wildman–Crippen LogP) is 6.14. The molecule has 2 N–H and O–H groups in total. The molecule has 2 saturated heterocycles. The number of aliphatic hydroxyl groups excluding tert-OH is 1. The molecule has 0 radical (unpaired) electrons. The smallest absolute Gasteiger partial charge is 0.233 e. The van der Waals surface area contributed by atoms with Crippen LogP contribution in [0, 0.1) is 11.8 Å². The highest BCUT2D eigenvalue weighted by Crippen LogP contribution is 2.41. The number of benzene rings is 1. The Hall–Kier alpha value is -2.12. The second kappa shape index (κ2) is 16.6. The van der Waals surface area contributed by atoms with Gasteiger partial charge >= 0.3 is 0 Å². The van der Waals surface area contributed by atoms with E-state index in [1.54, 1.807) is 11.3 Å². The molecule has 1 aromatic carbocycles. The average molecular weight is 662 g/mol. The lowest BCUT2D eigenvalue weighted by molar-refractivity contribution is -0.193. The molecule has 0 spiro atoms. The highest BCUT2D eigenvalue weighted by Gasteiger charge is 2.42. The molecule has 1 saturated carbocycles. The minimum Gasteiger partial charge on any atom is -0.393 e. The molecule has 7 atom stereocenters. The summed E-state index contributed by atoms with van der Waals surface area (Å²) in [7, 11) is -3.54. The van der Waals surface area contributed by atoms with Gasteiger partial charge in [0.15, 0.2) is 12.6 Å². The normalized spacial score (nSPS) is 28.7. The number of aliphatic hydroxyl groups is 1. The molecule has 1 aromatic heterocycles. The number of ether oxygens (including phenoxy) is 4. The van der Waals surface area contributed by atoms with Crippen LogP contribution in [0.15, 0.2) is 54.6 Å². The van der Waals surface area contributed by atoms with Gasteiger partial charge in [-0.2, -0.15) is 0 Å². The maximum absolute atomic E-state index is 11.8. The summed E-state index contributed by atoms with van der Waals surface area (Å²) in [6.07, 6.45) is 16.2. The number of rotatable bonds is 14. The molecule has 9 nitrogen and oxygen atoms in total. The lowest BCUT2D eigenvalue weighted by Gasteiger charge is -2.29. The van der Waals surface area contributed by atoms with Gasteiger partial charge in [-0.15, -0.1) is 11.3 Å². The minimum atomic E-state index is -3.54. The van der Waals surface area contributed by atoms with Crippen LogP contribution in [0.1, 0.15) is 81.6 Å². The quantitative estimate of drug-likeness (QED) is 0.183. The molecule has 2 aliphatic heterocycles. The van der Waals surface area contributed by atoms with Crippen LogP contribution in [0.5, 0.6) is 0 Å². The summed E-state index contributed by atoms with van der Waals surface area (Å²) in [5, 5.41) is 12.4. The van der Waals surface area contributed by atoms with Crippen molar-refractivity contribution in [3.05, 3.63) is 59.5 Å². The number of carbonyl (C=O) groups is 1. The van der Waals surface area contributed by atoms with Crippen LogP contribution in [0.3, 0.4) is 0 Å². The molecule has 45 heavy (non-hydrogen) atoms. The first-order valence-corrected chi connectivity index (χ1v) is 19.0. The van der Waals surface area contributed by atoms with Gasteiger partial charge in [0.2, 0.25) is 15.9 Å². The number of sulfonamides is 1. The number of hydrogen-bond donors (Lipinski definition) is 2. The molecule has 0 bridgehead atoms. The second-order valence-electron chi connectivity index (χ2n) is 12.3. The molecule has 2 unspecified atom stereocenters. The van der Waals surface area contributed by atoms with E-state index in [9.17, 15) is 18.3 Å². The maximum atomic E-state index is 11.8. The van der Waals surface area contributed by atoms with Crippen molar-refractivity contribution in [2.45, 2.75) is 102 Å². The van der Waals surface area contributed by atoms with Gasteiger partial charge in [0.05, 0.1) is 18.5 Å². The summed E-state index contributed by atoms with van der Waals surface area (Å²) in [4.78, 5) is 12.9. The highest BCUT2D eigenvalue weighted by atomic mass is 32.2. The Morgan fingerprint density at radius 1 is 1.11 bits per heavy atom. The second-order valence-corrected chi connectivity index (χ2v) is 15.2. The van der Waals surface area contributed by atoms with Gasteiger partial charge in [-0.25, -0.2) is 8.42 Å². The third kappa shape index (κ3) is 10.4. The fourth-order valence-corrected chi connectivity index (χ4v) is 8.01. The number of amides is 1. The molecule has 3 aliphatic rings. The zero-order valence-electron chi connectivity index (χ0n) is 26.1. The van der Waals surface area contributed by atoms with Gasteiger partial charge in [0, 0.05) is 41.6 Å². The maximum Gasteiger partial charge on any atom is 0.233 e. The Balaban J connectivity index is 1.30. The lowest BCUT2D eigenvalue weighted by atomic mass is 9.89. The van der Waals surface area contributed by atoms with E-state index in [2.05, 4.69) is 42.5 Å². The van der Waals surface area contributed by atoms with Crippen molar-refractivity contribution in [1.29, 1.82) is 0 Å². The lowest BCUT2D eigenvalue weighted by Crippen LogP contribution is -2.30. The van der Waals surface area contributed by atoms with E-state index in [0.29, 0.717) is 38.9 Å². The molecule has 5 rings (SSSR count). The van der Waals surface area contributed by atoms with Crippen molar-refractivity contribution in [1.82, 2.24) is 4.72 Å². The molecular weight excluding hydrogens is 615 g/mol. The summed E-state index contributed by atoms with van der Waals surface area (Å²) >= 11 is 1.73. The number of carbonyl (C=O) groups excluding carboxylic acids is 1. The van der Waals surface area contributed by atoms with E-state index in [0.717, 1.165) is 49.7 Å². The zero-order chi connectivity index (χ0) is 31.6. The van der Waals surface area contributed by atoms with Crippen molar-refractivity contribution in [2.24, 2.45) is 11.8 Å². The fraction of sp³-hybridized carbons (Fsp3) is 0.618. The van der Waals surface area contributed by atoms with Gasteiger partial charge in [-0.3, -0.25) is 9.52 Å². The third-order valence-electron chi connectivity index (χ3n) is 8.67. The number of allylic oxidation sites excluding steroid dienone is 2. The molecular formula is C34H47NO8S2. The monoisotopic (exact) mass is 661 g/mol. The molecule has 1 aliphatic carbocycles. The van der Waals surface area contributed by atoms with E-state index >= 15 is 0 Å². The van der Waals surface area contributed by atoms with Crippen LogP contribution in [0.4, 0.5) is 0 Å². The van der Waals surface area contributed by atoms with Crippen molar-refractivity contribution >= 4 is 37.4 Å². The van der Waals surface area contributed by atoms with Gasteiger partial charge in [-0.1, -0.05) is 42.5 Å². The molecule has 11 heteroatoms. The number of fused-ring (bicyclic) bond motifs is 1. The Morgan fingerprint density at radius 2 is 1.87 bits per heavy atom. The van der Waals surface area contributed by atoms with Crippen molar-refractivity contribution in [3.8, 4) is 0 Å². The molecule has 3 fully saturated rings. The Kier molecular flexibility index (Phi) is 12.6. The van der Waals surface area contributed by atoms with Crippen LogP contribution < -0.4 is 4.72 Å². The van der Waals surface area contributed by atoms with Gasteiger partial charge in [0.25, 0.3) is 0 Å². The summed E-state index contributed by atoms with van der Waals surface area (Å²) in [6.45, 7) is 1.40. The summed E-state index contributed by atoms with van der Waals surface area (Å²) in [5.74, 6) is -0.613. The Bertz CT molecular complexity index is 1360. The van der Waals surface area contributed by atoms with E-state index in [1.807, 2.05) is 16.9 Å². The van der Waals surface area contributed by atoms with Crippen LogP contribution in [0.2, 0.25) is 0 Å². The predicted molar refractivity (Wildman–Crippen MR) is 175 cm³/mol. The van der Waals surface area contributed by atoms with E-state index in [4.69, 9.17) is 18.9 Å². The Labute approximate surface area is 271 Å². The molecule has 2 aromatic rings. The van der Waals surface area contributed by atoms with Gasteiger partial charge in [0.1, 0.15) is 6.10 Å². The van der Waals surface area contributed by atoms with E-state index in [-0.39, 0.29) is 43.0 Å². The van der Waals surface area contributed by atoms with Gasteiger partial charge in [-0.05, 0) is 81.2 Å². The van der Waals surface area contributed by atoms with Gasteiger partial charge < -0.3 is 24.1 Å². The largest absolute Gasteiger partial charge is 0.393 e. The summed E-state index contributed by atoms with van der Waals surface area (Å²) < 4.78 is 50.7. The van der Waals surface area contributed by atoms with Crippen LogP contribution in [-0.4, -0.2) is 63.7 Å². The Morgan fingerprint density at radius 3 is 2.58 bits per heavy atom. The van der Waals surface area contributed by atoms with Crippen LogP contribution >= 0.6 is 11.3 Å². The van der Waals surface area contributed by atoms with E-state index < -0.39 is 22.0 Å². The number of unbranched alkanes of at least 4 members (excludes halogenated alkanes) is 1. The van der Waals surface area contributed by atoms with Crippen molar-refractivity contribution < 1.29 is 37.3 Å². The summed E-state index contributed by atoms with van der Waals surface area (Å²) in [5.41, 5.74) is 0. The average Bonchev–Trinajstić information content (AvgIpc) is 3.57. The van der Waals surface area contributed by atoms with E-state index in [1.165, 1.54) is 10.1 Å². The third-order valence-corrected chi connectivity index (χ3v) is 10.5. The number of nitrogens with one attached hydrogen (secondary N) is 1. The SMILES string of the molecule is CS(=O)(=O)NC(=O)CCC/C=C\C[C@@H]1[C@@H](/C=C/[C@@H](OC2CCCCO2)c2cc3ccccc3s2)[C@H](OC2CCCCO2)C[C@@H]1O. The standard InChI is InChI=1S/C34H47NO8S2/c1-45(38,39)35-32(37)15-5-3-2-4-13-25-26(29(23-27(25)36)43-34-17-9-11-21-41-34)18-19-28(42-33-16-8-10-20-40-33)31-22-24-12-6-7-14-30(24)44-31/h2,4,6-7,12,14,18-19,22,25-29,33-34,36H,3,5,8-11,13,15-17,20-21,23H2,1H3,(H,35,37)/b4-2-,19-18+/t25-,26-,27+,28-,29-,33?,34?/m1/s1.